The molecule has 106 valence electrons. The minimum absolute atomic E-state index is 0.0761. The molecule has 2 rings (SSSR count). The van der Waals surface area contributed by atoms with Crippen molar-refractivity contribution in [3.8, 4) is 0 Å². The van der Waals surface area contributed by atoms with Gasteiger partial charge < -0.3 is 11.1 Å². The van der Waals surface area contributed by atoms with Crippen molar-refractivity contribution in [3.63, 3.8) is 0 Å². The van der Waals surface area contributed by atoms with Crippen LogP contribution in [-0.4, -0.2) is 6.54 Å². The zero-order chi connectivity index (χ0) is 14.7. The smallest absolute Gasteiger partial charge is 0.0650 e. The number of nitrogens with one attached hydrogen (secondary N) is 1. The van der Waals surface area contributed by atoms with Gasteiger partial charge in [0.1, 0.15) is 0 Å². The summed E-state index contributed by atoms with van der Waals surface area (Å²) in [7, 11) is 0. The van der Waals surface area contributed by atoms with Gasteiger partial charge >= 0.3 is 0 Å². The highest BCUT2D eigenvalue weighted by atomic mass is 79.9. The first-order valence-corrected chi connectivity index (χ1v) is 8.22. The predicted octanol–water partition coefficient (Wildman–Crippen LogP) is 5.63. The van der Waals surface area contributed by atoms with Crippen LogP contribution >= 0.6 is 55.1 Å². The highest BCUT2D eigenvalue weighted by molar-refractivity contribution is 9.10. The number of rotatable bonds is 4. The van der Waals surface area contributed by atoms with E-state index in [-0.39, 0.29) is 6.04 Å². The van der Waals surface area contributed by atoms with Crippen molar-refractivity contribution < 1.29 is 0 Å². The van der Waals surface area contributed by atoms with E-state index in [9.17, 15) is 0 Å². The van der Waals surface area contributed by atoms with Crippen LogP contribution in [0.2, 0.25) is 10.0 Å². The average Bonchev–Trinajstić information content (AvgIpc) is 2.41. The van der Waals surface area contributed by atoms with E-state index in [1.165, 1.54) is 0 Å². The van der Waals surface area contributed by atoms with E-state index in [4.69, 9.17) is 28.9 Å². The van der Waals surface area contributed by atoms with Crippen molar-refractivity contribution >= 4 is 60.7 Å². The van der Waals surface area contributed by atoms with Crippen LogP contribution in [0.1, 0.15) is 11.6 Å². The molecule has 1 unspecified atom stereocenters. The Morgan fingerprint density at radius 1 is 1.05 bits per heavy atom. The molecular weight excluding hydrogens is 427 g/mol. The topological polar surface area (TPSA) is 38.0 Å². The van der Waals surface area contributed by atoms with Crippen LogP contribution in [0.5, 0.6) is 0 Å². The fourth-order valence-electron chi connectivity index (χ4n) is 1.83. The van der Waals surface area contributed by atoms with Crippen molar-refractivity contribution in [1.29, 1.82) is 0 Å². The molecule has 2 aromatic rings. The molecule has 0 amide bonds. The Kier molecular flexibility index (Phi) is 5.75. The standard InChI is InChI=1S/C14H12Br2Cl2N2/c15-8-1-3-10(12(17)5-8)14(7-19)20-9-2-4-11(16)13(18)6-9/h1-6,14,20H,7,19H2. The lowest BCUT2D eigenvalue weighted by Crippen LogP contribution is -2.21. The van der Waals surface area contributed by atoms with Gasteiger partial charge in [-0.2, -0.15) is 0 Å². The van der Waals surface area contributed by atoms with Gasteiger partial charge in [-0.15, -0.1) is 0 Å². The molecule has 20 heavy (non-hydrogen) atoms. The van der Waals surface area contributed by atoms with Crippen molar-refractivity contribution in [2.45, 2.75) is 6.04 Å². The molecule has 0 radical (unpaired) electrons. The second-order valence-corrected chi connectivity index (χ2v) is 6.81. The van der Waals surface area contributed by atoms with E-state index in [0.29, 0.717) is 16.6 Å². The van der Waals surface area contributed by atoms with E-state index in [1.807, 2.05) is 36.4 Å². The van der Waals surface area contributed by atoms with Gasteiger partial charge in [-0.05, 0) is 51.8 Å². The van der Waals surface area contributed by atoms with E-state index < -0.39 is 0 Å². The summed E-state index contributed by atoms with van der Waals surface area (Å²) in [5.41, 5.74) is 7.70. The molecule has 3 N–H and O–H groups in total. The molecule has 0 saturated carbocycles. The van der Waals surface area contributed by atoms with Gasteiger partial charge in [0, 0.05) is 26.2 Å². The van der Waals surface area contributed by atoms with E-state index in [2.05, 4.69) is 37.2 Å². The van der Waals surface area contributed by atoms with Crippen LogP contribution in [0.25, 0.3) is 0 Å². The lowest BCUT2D eigenvalue weighted by Gasteiger charge is -2.20. The molecule has 0 bridgehead atoms. The lowest BCUT2D eigenvalue weighted by molar-refractivity contribution is 0.790. The summed E-state index contributed by atoms with van der Waals surface area (Å²) in [5.74, 6) is 0. The third kappa shape index (κ3) is 3.89. The van der Waals surface area contributed by atoms with Crippen molar-refractivity contribution in [3.05, 3.63) is 61.0 Å². The summed E-state index contributed by atoms with van der Waals surface area (Å²) in [4.78, 5) is 0. The Labute approximate surface area is 144 Å². The third-order valence-electron chi connectivity index (χ3n) is 2.83. The maximum Gasteiger partial charge on any atom is 0.0650 e. The van der Waals surface area contributed by atoms with Gasteiger partial charge in [-0.25, -0.2) is 0 Å². The van der Waals surface area contributed by atoms with E-state index in [1.54, 1.807) is 0 Å². The quantitative estimate of drug-likeness (QED) is 0.649. The zero-order valence-corrected chi connectivity index (χ0v) is 15.0. The molecule has 0 heterocycles. The number of benzene rings is 2. The third-order valence-corrected chi connectivity index (χ3v) is 4.89. The second-order valence-electron chi connectivity index (χ2n) is 4.23. The van der Waals surface area contributed by atoms with Crippen LogP contribution in [-0.2, 0) is 0 Å². The normalized spacial score (nSPS) is 12.2. The Hall–Kier alpha value is -0.260. The summed E-state index contributed by atoms with van der Waals surface area (Å²) in [6, 6.07) is 11.4. The zero-order valence-electron chi connectivity index (χ0n) is 10.3. The molecule has 2 nitrogen and oxygen atoms in total. The monoisotopic (exact) mass is 436 g/mol. The first-order valence-electron chi connectivity index (χ1n) is 5.88. The summed E-state index contributed by atoms with van der Waals surface area (Å²) in [6.45, 7) is 0.426. The summed E-state index contributed by atoms with van der Waals surface area (Å²) in [5, 5.41) is 4.66. The molecule has 0 aliphatic heterocycles. The summed E-state index contributed by atoms with van der Waals surface area (Å²) >= 11 is 19.1. The maximum atomic E-state index is 6.27. The molecule has 6 heteroatoms. The maximum absolute atomic E-state index is 6.27. The highest BCUT2D eigenvalue weighted by Crippen LogP contribution is 2.31. The SMILES string of the molecule is NCC(Nc1ccc(Br)c(Cl)c1)c1ccc(Br)cc1Cl. The fraction of sp³-hybridized carbons (Fsp3) is 0.143. The molecule has 0 spiro atoms. The summed E-state index contributed by atoms with van der Waals surface area (Å²) in [6.07, 6.45) is 0. The minimum atomic E-state index is -0.0761. The van der Waals surface area contributed by atoms with Gasteiger partial charge in [0.25, 0.3) is 0 Å². The average molecular weight is 439 g/mol. The van der Waals surface area contributed by atoms with Gasteiger partial charge in [-0.3, -0.25) is 0 Å². The first-order chi connectivity index (χ1) is 9.51. The molecular formula is C14H12Br2Cl2N2. The molecule has 0 fully saturated rings. The van der Waals surface area contributed by atoms with Crippen LogP contribution in [0.15, 0.2) is 45.3 Å². The number of nitrogens with two attached hydrogens (primary N) is 1. The number of anilines is 1. The van der Waals surface area contributed by atoms with Crippen LogP contribution < -0.4 is 11.1 Å². The highest BCUT2D eigenvalue weighted by Gasteiger charge is 2.14. The van der Waals surface area contributed by atoms with Crippen LogP contribution in [0.3, 0.4) is 0 Å². The van der Waals surface area contributed by atoms with Gasteiger partial charge in [-0.1, -0.05) is 45.2 Å². The van der Waals surface area contributed by atoms with Crippen LogP contribution in [0.4, 0.5) is 5.69 Å². The number of hydrogen-bond acceptors (Lipinski definition) is 2. The molecule has 1 atom stereocenters. The lowest BCUT2D eigenvalue weighted by atomic mass is 10.1. The Morgan fingerprint density at radius 2 is 1.80 bits per heavy atom. The van der Waals surface area contributed by atoms with Crippen molar-refractivity contribution in [2.24, 2.45) is 5.73 Å². The van der Waals surface area contributed by atoms with Gasteiger partial charge in [0.15, 0.2) is 0 Å². The second kappa shape index (κ2) is 7.14. The minimum Gasteiger partial charge on any atom is -0.377 e. The Balaban J connectivity index is 2.26. The molecule has 0 aliphatic carbocycles. The van der Waals surface area contributed by atoms with Gasteiger partial charge in [0.2, 0.25) is 0 Å². The number of halogens is 4. The van der Waals surface area contributed by atoms with Crippen molar-refractivity contribution in [2.75, 3.05) is 11.9 Å². The Morgan fingerprint density at radius 3 is 2.40 bits per heavy atom. The fourth-order valence-corrected chi connectivity index (χ4v) is 3.07. The van der Waals surface area contributed by atoms with Crippen molar-refractivity contribution in [1.82, 2.24) is 0 Å². The van der Waals surface area contributed by atoms with E-state index >= 15 is 0 Å². The first kappa shape index (κ1) is 16.1. The van der Waals surface area contributed by atoms with Crippen LogP contribution in [0, 0.1) is 0 Å². The van der Waals surface area contributed by atoms with E-state index in [0.717, 1.165) is 20.2 Å². The van der Waals surface area contributed by atoms with Gasteiger partial charge in [0.05, 0.1) is 11.1 Å². The molecule has 0 saturated heterocycles. The predicted molar refractivity (Wildman–Crippen MR) is 93.7 cm³/mol. The molecule has 0 aromatic heterocycles. The largest absolute Gasteiger partial charge is 0.377 e. The molecule has 2 aromatic carbocycles. The molecule has 0 aliphatic rings. The Bertz CT molecular complexity index is 620. The summed E-state index contributed by atoms with van der Waals surface area (Å²) < 4.78 is 1.80. The number of hydrogen-bond donors (Lipinski definition) is 2.